The van der Waals surface area contributed by atoms with E-state index in [1.54, 1.807) is 4.90 Å². The Morgan fingerprint density at radius 3 is 2.92 bits per heavy atom. The van der Waals surface area contributed by atoms with Crippen molar-refractivity contribution in [3.8, 4) is 0 Å². The van der Waals surface area contributed by atoms with Gasteiger partial charge in [-0.25, -0.2) is 0 Å². The van der Waals surface area contributed by atoms with Crippen LogP contribution in [0, 0.1) is 0 Å². The molecule has 0 bridgehead atoms. The van der Waals surface area contributed by atoms with Crippen LogP contribution in [0.15, 0.2) is 24.3 Å². The number of fused-ring (bicyclic) bond motifs is 1. The van der Waals surface area contributed by atoms with Gasteiger partial charge >= 0.3 is 5.37 Å². The number of carbonyl (C=O) groups is 1. The minimum atomic E-state index is -0.389. The van der Waals surface area contributed by atoms with Crippen molar-refractivity contribution in [3.05, 3.63) is 29.8 Å². The van der Waals surface area contributed by atoms with Crippen LogP contribution in [-0.4, -0.2) is 11.9 Å². The molecule has 0 saturated heterocycles. The highest BCUT2D eigenvalue weighted by molar-refractivity contribution is 6.66. The quantitative estimate of drug-likeness (QED) is 0.445. The van der Waals surface area contributed by atoms with Gasteiger partial charge in [0.25, 0.3) is 0 Å². The number of amides is 1. The van der Waals surface area contributed by atoms with Gasteiger partial charge in [-0.1, -0.05) is 18.2 Å². The highest BCUT2D eigenvalue weighted by Crippen LogP contribution is 2.28. The average Bonchev–Trinajstić information content (AvgIpc) is 2.47. The summed E-state index contributed by atoms with van der Waals surface area (Å²) in [7, 11) is 0. The van der Waals surface area contributed by atoms with Crippen LogP contribution in [0.1, 0.15) is 5.56 Å². The minimum absolute atomic E-state index is 0.389. The number of anilines is 1. The predicted molar refractivity (Wildman–Crippen MR) is 48.7 cm³/mol. The van der Waals surface area contributed by atoms with Crippen molar-refractivity contribution >= 4 is 22.7 Å². The van der Waals surface area contributed by atoms with Crippen LogP contribution < -0.4 is 4.90 Å². The van der Waals surface area contributed by atoms with Crippen LogP contribution in [-0.2, 0) is 6.42 Å². The van der Waals surface area contributed by atoms with E-state index < -0.39 is 0 Å². The monoisotopic (exact) mass is 181 g/mol. The third-order valence-electron chi connectivity index (χ3n) is 2.10. The molecule has 0 unspecified atom stereocenters. The molecule has 1 aliphatic heterocycles. The van der Waals surface area contributed by atoms with E-state index in [0.717, 1.165) is 12.1 Å². The molecule has 1 aliphatic rings. The van der Waals surface area contributed by atoms with E-state index in [4.69, 9.17) is 11.6 Å². The van der Waals surface area contributed by atoms with Gasteiger partial charge in [-0.05, 0) is 29.7 Å². The number of halogens is 1. The van der Waals surface area contributed by atoms with Crippen LogP contribution in [0.2, 0.25) is 0 Å². The Bertz CT molecular complexity index is 324. The molecule has 0 spiro atoms. The zero-order valence-corrected chi connectivity index (χ0v) is 7.21. The van der Waals surface area contributed by atoms with E-state index in [0.29, 0.717) is 6.54 Å². The second-order valence-electron chi connectivity index (χ2n) is 2.78. The fourth-order valence-electron chi connectivity index (χ4n) is 1.52. The Kier molecular flexibility index (Phi) is 1.77. The maximum atomic E-state index is 10.9. The third-order valence-corrected chi connectivity index (χ3v) is 2.30. The largest absolute Gasteiger partial charge is 0.320 e. The molecule has 0 aliphatic carbocycles. The van der Waals surface area contributed by atoms with E-state index in [2.05, 4.69) is 0 Å². The molecule has 0 radical (unpaired) electrons. The van der Waals surface area contributed by atoms with E-state index >= 15 is 0 Å². The SMILES string of the molecule is O=C(Cl)N1CCc2ccccc21. The first kappa shape index (κ1) is 7.62. The first-order valence-electron chi connectivity index (χ1n) is 3.84. The van der Waals surface area contributed by atoms with Crippen LogP contribution >= 0.6 is 11.6 Å². The van der Waals surface area contributed by atoms with Crippen molar-refractivity contribution < 1.29 is 4.79 Å². The van der Waals surface area contributed by atoms with E-state index in [-0.39, 0.29) is 5.37 Å². The van der Waals surface area contributed by atoms with Gasteiger partial charge in [0.2, 0.25) is 0 Å². The zero-order chi connectivity index (χ0) is 8.55. The number of para-hydroxylation sites is 1. The second-order valence-corrected chi connectivity index (χ2v) is 3.11. The van der Waals surface area contributed by atoms with Gasteiger partial charge in [0, 0.05) is 12.2 Å². The van der Waals surface area contributed by atoms with Crippen molar-refractivity contribution in [3.63, 3.8) is 0 Å². The first-order chi connectivity index (χ1) is 5.79. The fourth-order valence-corrected chi connectivity index (χ4v) is 1.70. The summed E-state index contributed by atoms with van der Waals surface area (Å²) < 4.78 is 0. The molecule has 1 aromatic rings. The summed E-state index contributed by atoms with van der Waals surface area (Å²) in [5, 5.41) is -0.389. The third kappa shape index (κ3) is 1.08. The van der Waals surface area contributed by atoms with Gasteiger partial charge in [-0.3, -0.25) is 9.69 Å². The lowest BCUT2D eigenvalue weighted by Crippen LogP contribution is -2.22. The molecule has 12 heavy (non-hydrogen) atoms. The van der Waals surface area contributed by atoms with Crippen molar-refractivity contribution in [2.45, 2.75) is 6.42 Å². The second kappa shape index (κ2) is 2.79. The Hall–Kier alpha value is -1.02. The zero-order valence-electron chi connectivity index (χ0n) is 6.46. The lowest BCUT2D eigenvalue weighted by atomic mass is 10.2. The van der Waals surface area contributed by atoms with E-state index in [1.807, 2.05) is 24.3 Å². The van der Waals surface area contributed by atoms with Crippen LogP contribution in [0.5, 0.6) is 0 Å². The van der Waals surface area contributed by atoms with Gasteiger partial charge in [0.1, 0.15) is 0 Å². The van der Waals surface area contributed by atoms with Crippen molar-refractivity contribution in [2.24, 2.45) is 0 Å². The molecule has 0 N–H and O–H groups in total. The van der Waals surface area contributed by atoms with Gasteiger partial charge < -0.3 is 0 Å². The summed E-state index contributed by atoms with van der Waals surface area (Å²) in [6.45, 7) is 0.710. The molecular weight excluding hydrogens is 174 g/mol. The Labute approximate surface area is 75.7 Å². The summed E-state index contributed by atoms with van der Waals surface area (Å²) in [6, 6.07) is 7.83. The molecular formula is C9H8ClNO. The number of hydrogen-bond donors (Lipinski definition) is 0. The Morgan fingerprint density at radius 2 is 2.17 bits per heavy atom. The summed E-state index contributed by atoms with van der Waals surface area (Å²) >= 11 is 5.40. The Morgan fingerprint density at radius 1 is 1.42 bits per heavy atom. The molecule has 0 atom stereocenters. The van der Waals surface area contributed by atoms with Crippen molar-refractivity contribution in [1.29, 1.82) is 0 Å². The Balaban J connectivity index is 2.42. The molecule has 3 heteroatoms. The van der Waals surface area contributed by atoms with Crippen LogP contribution in [0.4, 0.5) is 10.5 Å². The summed E-state index contributed by atoms with van der Waals surface area (Å²) in [5.41, 5.74) is 2.16. The van der Waals surface area contributed by atoms with Crippen molar-refractivity contribution in [2.75, 3.05) is 11.4 Å². The number of hydrogen-bond acceptors (Lipinski definition) is 1. The molecule has 62 valence electrons. The van der Waals surface area contributed by atoms with Gasteiger partial charge in [0.05, 0.1) is 0 Å². The number of benzene rings is 1. The van der Waals surface area contributed by atoms with Crippen molar-refractivity contribution in [1.82, 2.24) is 0 Å². The maximum Gasteiger partial charge on any atom is 0.320 e. The molecule has 0 aromatic heterocycles. The molecule has 2 rings (SSSR count). The van der Waals surface area contributed by atoms with E-state index in [1.165, 1.54) is 5.56 Å². The first-order valence-corrected chi connectivity index (χ1v) is 4.22. The normalized spacial score (nSPS) is 14.6. The highest BCUT2D eigenvalue weighted by Gasteiger charge is 2.22. The van der Waals surface area contributed by atoms with Gasteiger partial charge in [-0.2, -0.15) is 0 Å². The van der Waals surface area contributed by atoms with E-state index in [9.17, 15) is 4.79 Å². The molecule has 1 aromatic carbocycles. The fraction of sp³-hybridized carbons (Fsp3) is 0.222. The number of carbonyl (C=O) groups excluding carboxylic acids is 1. The number of rotatable bonds is 0. The number of nitrogens with zero attached hydrogens (tertiary/aromatic N) is 1. The lowest BCUT2D eigenvalue weighted by Gasteiger charge is -2.11. The topological polar surface area (TPSA) is 20.3 Å². The standard InChI is InChI=1S/C9H8ClNO/c10-9(12)11-6-5-7-3-1-2-4-8(7)11/h1-4H,5-6H2. The summed E-state index contributed by atoms with van der Waals surface area (Å²) in [4.78, 5) is 12.5. The van der Waals surface area contributed by atoms with Gasteiger partial charge in [-0.15, -0.1) is 0 Å². The minimum Gasteiger partial charge on any atom is -0.298 e. The molecule has 0 fully saturated rings. The molecule has 0 saturated carbocycles. The highest BCUT2D eigenvalue weighted by atomic mass is 35.5. The molecule has 1 amide bonds. The summed E-state index contributed by atoms with van der Waals surface area (Å²) in [6.07, 6.45) is 0.911. The predicted octanol–water partition coefficient (Wildman–Crippen LogP) is 2.41. The average molecular weight is 182 g/mol. The van der Waals surface area contributed by atoms with Gasteiger partial charge in [0.15, 0.2) is 0 Å². The van der Waals surface area contributed by atoms with Crippen LogP contribution in [0.3, 0.4) is 0 Å². The summed E-state index contributed by atoms with van der Waals surface area (Å²) in [5.74, 6) is 0. The van der Waals surface area contributed by atoms with Crippen LogP contribution in [0.25, 0.3) is 0 Å². The molecule has 1 heterocycles. The lowest BCUT2D eigenvalue weighted by molar-refractivity contribution is 0.264. The maximum absolute atomic E-state index is 10.9. The smallest absolute Gasteiger partial charge is 0.298 e. The molecule has 2 nitrogen and oxygen atoms in total.